The molecule has 0 saturated carbocycles. The Hall–Kier alpha value is -1.96. The summed E-state index contributed by atoms with van der Waals surface area (Å²) in [6.07, 6.45) is 0.715. The lowest BCUT2D eigenvalue weighted by molar-refractivity contribution is -0.138. The lowest BCUT2D eigenvalue weighted by atomic mass is 10.1. The van der Waals surface area contributed by atoms with Gasteiger partial charge >= 0.3 is 0 Å². The highest BCUT2D eigenvalue weighted by molar-refractivity contribution is 5.88. The standard InChI is InChI=1S/C17H29N5O3/c1-11(2)17-19-14(20-25-17)6-8-21(5)15(23)10-13-16(24)18-7-9-22(13)12(3)4/h11-13H,6-10H2,1-5H3,(H,18,24)/t13-/m0/s1. The molecule has 1 aliphatic rings. The van der Waals surface area contributed by atoms with Gasteiger partial charge in [-0.2, -0.15) is 4.98 Å². The molecule has 25 heavy (non-hydrogen) atoms. The maximum atomic E-state index is 12.5. The van der Waals surface area contributed by atoms with Crippen molar-refractivity contribution in [2.24, 2.45) is 0 Å². The average Bonchev–Trinajstić information content (AvgIpc) is 3.03. The maximum absolute atomic E-state index is 12.5. The Balaban J connectivity index is 1.89. The highest BCUT2D eigenvalue weighted by Crippen LogP contribution is 2.14. The normalized spacial score (nSPS) is 18.7. The van der Waals surface area contributed by atoms with Gasteiger partial charge in [0, 0.05) is 45.1 Å². The summed E-state index contributed by atoms with van der Waals surface area (Å²) in [6.45, 7) is 9.96. The molecule has 1 aliphatic heterocycles. The van der Waals surface area contributed by atoms with Crippen LogP contribution in [0.15, 0.2) is 4.52 Å². The summed E-state index contributed by atoms with van der Waals surface area (Å²) in [5, 5.41) is 6.78. The van der Waals surface area contributed by atoms with Gasteiger partial charge < -0.3 is 14.7 Å². The zero-order valence-corrected chi connectivity index (χ0v) is 15.8. The largest absolute Gasteiger partial charge is 0.353 e. The molecule has 0 unspecified atom stereocenters. The first-order valence-corrected chi connectivity index (χ1v) is 8.89. The molecule has 0 radical (unpaired) electrons. The number of hydrogen-bond acceptors (Lipinski definition) is 6. The third kappa shape index (κ3) is 5.01. The zero-order valence-electron chi connectivity index (χ0n) is 15.8. The summed E-state index contributed by atoms with van der Waals surface area (Å²) in [5.41, 5.74) is 0. The van der Waals surface area contributed by atoms with Crippen LogP contribution < -0.4 is 5.32 Å². The van der Waals surface area contributed by atoms with Gasteiger partial charge in [-0.3, -0.25) is 14.5 Å². The van der Waals surface area contributed by atoms with E-state index in [0.29, 0.717) is 31.2 Å². The summed E-state index contributed by atoms with van der Waals surface area (Å²) >= 11 is 0. The molecule has 0 spiro atoms. The number of hydrogen-bond donors (Lipinski definition) is 1. The predicted octanol–water partition coefficient (Wildman–Crippen LogP) is 0.793. The Morgan fingerprint density at radius 3 is 2.72 bits per heavy atom. The van der Waals surface area contributed by atoms with Crippen molar-refractivity contribution < 1.29 is 14.1 Å². The minimum atomic E-state index is -0.401. The van der Waals surface area contributed by atoms with Crippen LogP contribution in [0.1, 0.15) is 51.7 Å². The molecule has 0 bridgehead atoms. The van der Waals surface area contributed by atoms with Gasteiger partial charge in [-0.1, -0.05) is 19.0 Å². The number of amides is 2. The first kappa shape index (κ1) is 19.4. The summed E-state index contributed by atoms with van der Waals surface area (Å²) in [7, 11) is 1.74. The summed E-state index contributed by atoms with van der Waals surface area (Å²) in [6, 6.07) is -0.177. The van der Waals surface area contributed by atoms with Crippen molar-refractivity contribution in [3.05, 3.63) is 11.7 Å². The number of nitrogens with zero attached hydrogens (tertiary/aromatic N) is 4. The van der Waals surface area contributed by atoms with Crippen molar-refractivity contribution in [1.29, 1.82) is 0 Å². The third-order valence-electron chi connectivity index (χ3n) is 4.48. The fourth-order valence-corrected chi connectivity index (χ4v) is 2.88. The first-order chi connectivity index (χ1) is 11.8. The molecule has 1 atom stereocenters. The minimum absolute atomic E-state index is 0.0553. The lowest BCUT2D eigenvalue weighted by Gasteiger charge is -2.38. The van der Waals surface area contributed by atoms with Crippen LogP contribution in [0.25, 0.3) is 0 Å². The van der Waals surface area contributed by atoms with E-state index in [1.54, 1.807) is 11.9 Å². The van der Waals surface area contributed by atoms with Gasteiger partial charge in [0.05, 0.1) is 12.5 Å². The topological polar surface area (TPSA) is 91.6 Å². The van der Waals surface area contributed by atoms with E-state index >= 15 is 0 Å². The van der Waals surface area contributed by atoms with Gasteiger partial charge in [-0.05, 0) is 13.8 Å². The van der Waals surface area contributed by atoms with Crippen LogP contribution in [0.3, 0.4) is 0 Å². The van der Waals surface area contributed by atoms with E-state index in [1.807, 2.05) is 27.7 Å². The molecule has 8 nitrogen and oxygen atoms in total. The van der Waals surface area contributed by atoms with E-state index in [1.165, 1.54) is 0 Å². The highest BCUT2D eigenvalue weighted by Gasteiger charge is 2.33. The molecular weight excluding hydrogens is 322 g/mol. The average molecular weight is 351 g/mol. The van der Waals surface area contributed by atoms with Crippen LogP contribution in [0.4, 0.5) is 0 Å². The highest BCUT2D eigenvalue weighted by atomic mass is 16.5. The molecule has 1 aromatic heterocycles. The Morgan fingerprint density at radius 2 is 2.12 bits per heavy atom. The van der Waals surface area contributed by atoms with Crippen LogP contribution >= 0.6 is 0 Å². The quantitative estimate of drug-likeness (QED) is 0.781. The van der Waals surface area contributed by atoms with Gasteiger partial charge in [-0.25, -0.2) is 0 Å². The molecule has 1 fully saturated rings. The van der Waals surface area contributed by atoms with Crippen LogP contribution in [0, 0.1) is 0 Å². The molecular formula is C17H29N5O3. The smallest absolute Gasteiger partial charge is 0.237 e. The van der Waals surface area contributed by atoms with E-state index < -0.39 is 6.04 Å². The van der Waals surface area contributed by atoms with Gasteiger partial charge in [0.2, 0.25) is 17.7 Å². The lowest BCUT2D eigenvalue weighted by Crippen LogP contribution is -2.58. The predicted molar refractivity (Wildman–Crippen MR) is 93.0 cm³/mol. The van der Waals surface area contributed by atoms with Crippen molar-refractivity contribution >= 4 is 11.8 Å². The summed E-state index contributed by atoms with van der Waals surface area (Å²) < 4.78 is 5.17. The number of rotatable bonds is 7. The summed E-state index contributed by atoms with van der Waals surface area (Å²) in [5.74, 6) is 1.27. The second-order valence-electron chi connectivity index (χ2n) is 7.11. The maximum Gasteiger partial charge on any atom is 0.237 e. The van der Waals surface area contributed by atoms with Gasteiger partial charge in [0.25, 0.3) is 0 Å². The molecule has 2 rings (SSSR count). The number of nitrogens with one attached hydrogen (secondary N) is 1. The van der Waals surface area contributed by atoms with Crippen molar-refractivity contribution in [3.8, 4) is 0 Å². The first-order valence-electron chi connectivity index (χ1n) is 8.89. The number of carbonyl (C=O) groups excluding carboxylic acids is 2. The summed E-state index contributed by atoms with van der Waals surface area (Å²) in [4.78, 5) is 32.7. The Kier molecular flexibility index (Phi) is 6.52. The van der Waals surface area contributed by atoms with Crippen LogP contribution in [0.2, 0.25) is 0 Å². The van der Waals surface area contributed by atoms with Crippen LogP contribution in [-0.4, -0.2) is 70.5 Å². The second-order valence-corrected chi connectivity index (χ2v) is 7.11. The molecule has 0 aromatic carbocycles. The van der Waals surface area contributed by atoms with E-state index in [-0.39, 0.29) is 30.2 Å². The van der Waals surface area contributed by atoms with Crippen LogP contribution in [0.5, 0.6) is 0 Å². The molecule has 0 aliphatic carbocycles. The van der Waals surface area contributed by atoms with Crippen molar-refractivity contribution in [1.82, 2.24) is 25.3 Å². The van der Waals surface area contributed by atoms with Crippen LogP contribution in [-0.2, 0) is 16.0 Å². The number of piperazine rings is 1. The molecule has 2 amide bonds. The van der Waals surface area contributed by atoms with Gasteiger partial charge in [-0.15, -0.1) is 0 Å². The number of likely N-dealkylation sites (N-methyl/N-ethyl adjacent to an activating group) is 1. The molecule has 2 heterocycles. The zero-order chi connectivity index (χ0) is 18.6. The number of carbonyl (C=O) groups is 2. The Morgan fingerprint density at radius 1 is 1.40 bits per heavy atom. The number of aromatic nitrogens is 2. The molecule has 140 valence electrons. The van der Waals surface area contributed by atoms with E-state index in [9.17, 15) is 9.59 Å². The van der Waals surface area contributed by atoms with Gasteiger partial charge in [0.15, 0.2) is 5.82 Å². The molecule has 1 aromatic rings. The van der Waals surface area contributed by atoms with E-state index in [2.05, 4.69) is 20.4 Å². The SMILES string of the molecule is CC(C)c1nc(CCN(C)C(=O)C[C@H]2C(=O)NCCN2C(C)C)no1. The third-order valence-corrected chi connectivity index (χ3v) is 4.48. The Labute approximate surface area is 148 Å². The van der Waals surface area contributed by atoms with Crippen molar-refractivity contribution in [2.45, 2.75) is 58.5 Å². The van der Waals surface area contributed by atoms with Gasteiger partial charge in [0.1, 0.15) is 0 Å². The Bertz CT molecular complexity index is 599. The van der Waals surface area contributed by atoms with Crippen molar-refractivity contribution in [3.63, 3.8) is 0 Å². The molecule has 1 saturated heterocycles. The fraction of sp³-hybridized carbons (Fsp3) is 0.765. The van der Waals surface area contributed by atoms with E-state index in [4.69, 9.17) is 4.52 Å². The van der Waals surface area contributed by atoms with Crippen molar-refractivity contribution in [2.75, 3.05) is 26.7 Å². The molecule has 1 N–H and O–H groups in total. The molecule has 8 heteroatoms. The second kappa shape index (κ2) is 8.42. The van der Waals surface area contributed by atoms with E-state index in [0.717, 1.165) is 6.54 Å². The minimum Gasteiger partial charge on any atom is -0.353 e. The fourth-order valence-electron chi connectivity index (χ4n) is 2.88. The monoisotopic (exact) mass is 351 g/mol.